The van der Waals surface area contributed by atoms with Gasteiger partial charge in [-0.2, -0.15) is 0 Å². The molecule has 0 amide bonds. The van der Waals surface area contributed by atoms with Gasteiger partial charge >= 0.3 is 0 Å². The molecule has 4 nitrogen and oxygen atoms in total. The smallest absolute Gasteiger partial charge is 0.122 e. The lowest BCUT2D eigenvalue weighted by Gasteiger charge is -2.42. The molecule has 4 heteroatoms. The molecule has 0 aliphatic heterocycles. The zero-order valence-electron chi connectivity index (χ0n) is 25.1. The third-order valence-corrected chi connectivity index (χ3v) is 7.82. The first-order chi connectivity index (χ1) is 20.6. The van der Waals surface area contributed by atoms with Crippen LogP contribution in [0.25, 0.3) is 0 Å². The maximum absolute atomic E-state index is 6.11. The van der Waals surface area contributed by atoms with Crippen LogP contribution in [0.15, 0.2) is 110 Å². The summed E-state index contributed by atoms with van der Waals surface area (Å²) in [5.41, 5.74) is 9.42. The molecule has 0 unspecified atom stereocenters. The van der Waals surface area contributed by atoms with Crippen LogP contribution in [0.3, 0.4) is 0 Å². The van der Waals surface area contributed by atoms with Crippen molar-refractivity contribution in [3.63, 3.8) is 0 Å². The Bertz CT molecular complexity index is 1450. The second-order valence-corrected chi connectivity index (χ2v) is 10.6. The van der Waals surface area contributed by atoms with Gasteiger partial charge in [0.1, 0.15) is 37.9 Å². The molecule has 4 aromatic rings. The largest absolute Gasteiger partial charge is 0.498 e. The van der Waals surface area contributed by atoms with E-state index in [-0.39, 0.29) is 0 Å². The average Bonchev–Trinajstić information content (AvgIpc) is 3.01. The predicted octanol–water partition coefficient (Wildman–Crippen LogP) is 8.45. The minimum absolute atomic E-state index is 0.488. The highest BCUT2D eigenvalue weighted by Crippen LogP contribution is 2.51. The Morgan fingerprint density at radius 2 is 1.05 bits per heavy atom. The fourth-order valence-corrected chi connectivity index (χ4v) is 6.04. The van der Waals surface area contributed by atoms with E-state index in [1.165, 1.54) is 33.4 Å². The number of allylic oxidation sites excluding steroid dienone is 2. The van der Waals surface area contributed by atoms with E-state index in [1.807, 2.05) is 26.0 Å². The van der Waals surface area contributed by atoms with E-state index >= 15 is 0 Å². The maximum Gasteiger partial charge on any atom is 0.122 e. The molecular weight excluding hydrogens is 520 g/mol. The number of hydrogen-bond acceptors (Lipinski definition) is 4. The van der Waals surface area contributed by atoms with Crippen LogP contribution in [0.5, 0.6) is 11.5 Å². The highest BCUT2D eigenvalue weighted by molar-refractivity contribution is 5.68. The summed E-state index contributed by atoms with van der Waals surface area (Å²) in [6.45, 7) is 10.1. The lowest BCUT2D eigenvalue weighted by molar-refractivity contribution is 0.178. The van der Waals surface area contributed by atoms with E-state index < -0.39 is 5.41 Å². The number of aryl methyl sites for hydroxylation is 2. The Balaban J connectivity index is 1.61. The minimum atomic E-state index is -0.498. The number of hydrogen-bond donors (Lipinski definition) is 0. The summed E-state index contributed by atoms with van der Waals surface area (Å²) in [5, 5.41) is 0. The predicted molar refractivity (Wildman–Crippen MR) is 170 cm³/mol. The van der Waals surface area contributed by atoms with Crippen LogP contribution in [0, 0.1) is 13.8 Å². The summed E-state index contributed by atoms with van der Waals surface area (Å²) in [6, 6.07) is 31.0. The number of rotatable bonds is 12. The van der Waals surface area contributed by atoms with Crippen molar-refractivity contribution in [3.8, 4) is 11.5 Å². The first kappa shape index (κ1) is 29.1. The van der Waals surface area contributed by atoms with Crippen molar-refractivity contribution in [2.75, 3.05) is 26.4 Å². The molecule has 0 aromatic heterocycles. The molecule has 0 saturated heterocycles. The van der Waals surface area contributed by atoms with Crippen LogP contribution in [0.1, 0.15) is 58.4 Å². The summed E-state index contributed by atoms with van der Waals surface area (Å²) in [7, 11) is 0. The second kappa shape index (κ2) is 13.5. The van der Waals surface area contributed by atoms with Crippen LogP contribution < -0.4 is 9.47 Å². The molecule has 1 aliphatic rings. The first-order valence-corrected chi connectivity index (χ1v) is 14.7. The maximum atomic E-state index is 6.11. The van der Waals surface area contributed by atoms with E-state index in [1.54, 1.807) is 12.5 Å². The van der Waals surface area contributed by atoms with Gasteiger partial charge in [-0.15, -0.1) is 0 Å². The Kier molecular flexibility index (Phi) is 9.33. The van der Waals surface area contributed by atoms with Gasteiger partial charge < -0.3 is 18.9 Å². The van der Waals surface area contributed by atoms with E-state index in [9.17, 15) is 0 Å². The quantitative estimate of drug-likeness (QED) is 0.113. The topological polar surface area (TPSA) is 36.9 Å². The Morgan fingerprint density at radius 3 is 1.48 bits per heavy atom. The molecule has 1 aliphatic carbocycles. The van der Waals surface area contributed by atoms with Crippen LogP contribution >= 0.6 is 0 Å². The van der Waals surface area contributed by atoms with Crippen molar-refractivity contribution in [1.29, 1.82) is 0 Å². The Morgan fingerprint density at radius 1 is 0.595 bits per heavy atom. The van der Waals surface area contributed by atoms with Crippen LogP contribution in [-0.4, -0.2) is 26.4 Å². The molecule has 0 N–H and O–H groups in total. The number of ether oxygens (including phenoxy) is 4. The van der Waals surface area contributed by atoms with Gasteiger partial charge in [0.05, 0.1) is 17.9 Å². The Hall–Kier alpha value is -4.44. The molecule has 0 atom stereocenters. The van der Waals surface area contributed by atoms with Gasteiger partial charge in [-0.05, 0) is 90.8 Å². The van der Waals surface area contributed by atoms with Gasteiger partial charge in [0.15, 0.2) is 0 Å². The van der Waals surface area contributed by atoms with Crippen molar-refractivity contribution < 1.29 is 18.9 Å². The summed E-state index contributed by atoms with van der Waals surface area (Å²) in [4.78, 5) is 0. The zero-order valence-corrected chi connectivity index (χ0v) is 25.1. The molecule has 0 spiro atoms. The van der Waals surface area contributed by atoms with Gasteiger partial charge in [-0.1, -0.05) is 84.9 Å². The number of fused-ring (bicyclic) bond motifs is 2. The third kappa shape index (κ3) is 5.80. The summed E-state index contributed by atoms with van der Waals surface area (Å²) in [6.07, 6.45) is 8.04. The van der Waals surface area contributed by atoms with Crippen molar-refractivity contribution in [1.82, 2.24) is 0 Å². The van der Waals surface area contributed by atoms with Gasteiger partial charge in [-0.25, -0.2) is 0 Å². The van der Waals surface area contributed by atoms with E-state index in [2.05, 4.69) is 98.8 Å². The molecule has 0 fully saturated rings. The molecule has 5 rings (SSSR count). The fraction of sp³-hybridized carbons (Fsp3) is 0.263. The van der Waals surface area contributed by atoms with Crippen LogP contribution in [0.2, 0.25) is 0 Å². The molecule has 216 valence electrons. The zero-order chi connectivity index (χ0) is 29.4. The van der Waals surface area contributed by atoms with Crippen molar-refractivity contribution in [2.45, 2.75) is 39.5 Å². The molecule has 0 saturated carbocycles. The second-order valence-electron chi connectivity index (χ2n) is 10.6. The van der Waals surface area contributed by atoms with Gasteiger partial charge in [0.25, 0.3) is 0 Å². The van der Waals surface area contributed by atoms with E-state index in [4.69, 9.17) is 18.9 Å². The SMILES string of the molecule is CC=COCCOc1ccc(C2(c3ccc(OCCOC=CC)c(C)c3)c3ccccc3Cc3ccccc32)cc1C. The van der Waals surface area contributed by atoms with Crippen molar-refractivity contribution >= 4 is 0 Å². The highest BCUT2D eigenvalue weighted by Gasteiger charge is 2.44. The lowest BCUT2D eigenvalue weighted by atomic mass is 9.59. The van der Waals surface area contributed by atoms with E-state index in [0.717, 1.165) is 29.0 Å². The third-order valence-electron chi connectivity index (χ3n) is 7.82. The average molecular weight is 561 g/mol. The Labute approximate surface area is 250 Å². The molecule has 4 aromatic carbocycles. The first-order valence-electron chi connectivity index (χ1n) is 14.7. The van der Waals surface area contributed by atoms with Gasteiger partial charge in [0.2, 0.25) is 0 Å². The molecular formula is C38H40O4. The van der Waals surface area contributed by atoms with Crippen LogP contribution in [0.4, 0.5) is 0 Å². The molecule has 42 heavy (non-hydrogen) atoms. The molecule has 0 bridgehead atoms. The van der Waals surface area contributed by atoms with Crippen LogP contribution in [-0.2, 0) is 21.3 Å². The standard InChI is InChI=1S/C38H40O4/c1-5-19-39-21-23-41-36-17-15-32(25-28(36)3)38(33-16-18-37(29(4)26-33)42-24-22-40-20-6-2)34-13-9-7-11-30(34)27-31-12-8-10-14-35(31)38/h5-20,25-26H,21-24,27H2,1-4H3. The minimum Gasteiger partial charge on any atom is -0.498 e. The summed E-state index contributed by atoms with van der Waals surface area (Å²) >= 11 is 0. The lowest BCUT2D eigenvalue weighted by Crippen LogP contribution is -2.36. The fourth-order valence-electron chi connectivity index (χ4n) is 6.04. The normalized spacial score (nSPS) is 13.5. The van der Waals surface area contributed by atoms with Gasteiger partial charge in [0, 0.05) is 0 Å². The number of benzene rings is 4. The van der Waals surface area contributed by atoms with Crippen molar-refractivity contribution in [3.05, 3.63) is 154 Å². The highest BCUT2D eigenvalue weighted by atomic mass is 16.5. The van der Waals surface area contributed by atoms with E-state index in [0.29, 0.717) is 26.4 Å². The monoisotopic (exact) mass is 560 g/mol. The van der Waals surface area contributed by atoms with Gasteiger partial charge in [-0.3, -0.25) is 0 Å². The summed E-state index contributed by atoms with van der Waals surface area (Å²) < 4.78 is 23.1. The molecule has 0 radical (unpaired) electrons. The van der Waals surface area contributed by atoms with Crippen molar-refractivity contribution in [2.24, 2.45) is 0 Å². The summed E-state index contributed by atoms with van der Waals surface area (Å²) in [5.74, 6) is 1.74. The molecule has 0 heterocycles.